The quantitative estimate of drug-likeness (QED) is 0.713. The van der Waals surface area contributed by atoms with Gasteiger partial charge in [0.25, 0.3) is 0 Å². The molecular formula is C8H10N2O3S. The molecule has 1 aromatic carbocycles. The van der Waals surface area contributed by atoms with Crippen LogP contribution < -0.4 is 0 Å². The van der Waals surface area contributed by atoms with E-state index in [1.807, 2.05) is 0 Å². The molecular weight excluding hydrogens is 204 g/mol. The normalized spacial score (nSPS) is 11.6. The fourth-order valence-electron chi connectivity index (χ4n) is 0.912. The SMILES string of the molecule is CN(C)S(=O)(=O)c1cccc(N=O)c1. The molecule has 0 spiro atoms. The van der Waals surface area contributed by atoms with Gasteiger partial charge in [-0.2, -0.15) is 0 Å². The van der Waals surface area contributed by atoms with Gasteiger partial charge in [0.1, 0.15) is 5.69 Å². The van der Waals surface area contributed by atoms with Gasteiger partial charge in [-0.25, -0.2) is 12.7 Å². The first-order chi connectivity index (χ1) is 6.48. The molecule has 0 heterocycles. The fraction of sp³-hybridized carbons (Fsp3) is 0.250. The minimum Gasteiger partial charge on any atom is -0.207 e. The third-order valence-electron chi connectivity index (χ3n) is 1.70. The summed E-state index contributed by atoms with van der Waals surface area (Å²) in [7, 11) is -0.621. The maximum Gasteiger partial charge on any atom is 0.242 e. The van der Waals surface area contributed by atoms with Crippen LogP contribution in [0.2, 0.25) is 0 Å². The Kier molecular flexibility index (Phi) is 2.97. The summed E-state index contributed by atoms with van der Waals surface area (Å²) in [5.41, 5.74) is 0.105. The predicted molar refractivity (Wildman–Crippen MR) is 52.8 cm³/mol. The van der Waals surface area contributed by atoms with Gasteiger partial charge in [-0.15, -0.1) is 4.91 Å². The Balaban J connectivity index is 3.27. The minimum absolute atomic E-state index is 0.0691. The standard InChI is InChI=1S/C8H10N2O3S/c1-10(2)14(12,13)8-5-3-4-7(6-8)9-11/h3-6H,1-2H3. The lowest BCUT2D eigenvalue weighted by molar-refractivity contribution is 0.521. The van der Waals surface area contributed by atoms with E-state index in [9.17, 15) is 13.3 Å². The Bertz CT molecular complexity index is 440. The molecule has 0 bridgehead atoms. The molecule has 0 radical (unpaired) electrons. The molecule has 0 atom stereocenters. The lowest BCUT2D eigenvalue weighted by atomic mass is 10.3. The summed E-state index contributed by atoms with van der Waals surface area (Å²) in [5, 5.41) is 2.67. The zero-order chi connectivity index (χ0) is 10.8. The first kappa shape index (κ1) is 10.8. The summed E-state index contributed by atoms with van der Waals surface area (Å²) in [6.45, 7) is 0. The highest BCUT2D eigenvalue weighted by Crippen LogP contribution is 2.19. The molecule has 76 valence electrons. The Morgan fingerprint density at radius 1 is 1.29 bits per heavy atom. The van der Waals surface area contributed by atoms with Crippen molar-refractivity contribution in [2.45, 2.75) is 4.90 Å². The van der Waals surface area contributed by atoms with E-state index in [1.165, 1.54) is 38.4 Å². The zero-order valence-electron chi connectivity index (χ0n) is 7.84. The first-order valence-electron chi connectivity index (χ1n) is 3.84. The van der Waals surface area contributed by atoms with E-state index in [0.717, 1.165) is 4.31 Å². The third kappa shape index (κ3) is 1.97. The summed E-state index contributed by atoms with van der Waals surface area (Å²) in [6.07, 6.45) is 0. The van der Waals surface area contributed by atoms with Crippen molar-refractivity contribution in [2.24, 2.45) is 5.18 Å². The predicted octanol–water partition coefficient (Wildman–Crippen LogP) is 1.33. The van der Waals surface area contributed by atoms with Crippen LogP contribution in [-0.2, 0) is 10.0 Å². The average Bonchev–Trinajstić information content (AvgIpc) is 2.17. The van der Waals surface area contributed by atoms with Crippen molar-refractivity contribution in [1.82, 2.24) is 4.31 Å². The van der Waals surface area contributed by atoms with Crippen LogP contribution in [0.25, 0.3) is 0 Å². The van der Waals surface area contributed by atoms with E-state index in [4.69, 9.17) is 0 Å². The number of benzene rings is 1. The van der Waals surface area contributed by atoms with Gasteiger partial charge in [0, 0.05) is 14.1 Å². The number of nitrogens with zero attached hydrogens (tertiary/aromatic N) is 2. The smallest absolute Gasteiger partial charge is 0.207 e. The molecule has 1 aromatic rings. The largest absolute Gasteiger partial charge is 0.242 e. The van der Waals surface area contributed by atoms with Crippen molar-refractivity contribution in [3.63, 3.8) is 0 Å². The topological polar surface area (TPSA) is 66.8 Å². The second kappa shape index (κ2) is 3.85. The lowest BCUT2D eigenvalue weighted by Crippen LogP contribution is -2.22. The van der Waals surface area contributed by atoms with Crippen LogP contribution >= 0.6 is 0 Å². The molecule has 0 aromatic heterocycles. The maximum absolute atomic E-state index is 11.6. The lowest BCUT2D eigenvalue weighted by Gasteiger charge is -2.10. The molecule has 1 rings (SSSR count). The van der Waals surface area contributed by atoms with E-state index >= 15 is 0 Å². The molecule has 0 unspecified atom stereocenters. The molecule has 0 saturated carbocycles. The van der Waals surface area contributed by atoms with E-state index < -0.39 is 10.0 Å². The molecule has 0 aliphatic carbocycles. The van der Waals surface area contributed by atoms with Crippen molar-refractivity contribution in [1.29, 1.82) is 0 Å². The number of nitroso groups, excluding NO2 is 1. The minimum atomic E-state index is -3.48. The van der Waals surface area contributed by atoms with Crippen LogP contribution in [0.3, 0.4) is 0 Å². The van der Waals surface area contributed by atoms with Gasteiger partial charge in [0.05, 0.1) is 4.90 Å². The van der Waals surface area contributed by atoms with Crippen LogP contribution in [-0.4, -0.2) is 26.8 Å². The van der Waals surface area contributed by atoms with Crippen molar-refractivity contribution in [3.05, 3.63) is 29.2 Å². The Labute approximate surface area is 82.4 Å². The van der Waals surface area contributed by atoms with Gasteiger partial charge in [-0.05, 0) is 23.4 Å². The summed E-state index contributed by atoms with van der Waals surface area (Å²) < 4.78 is 24.2. The van der Waals surface area contributed by atoms with Crippen molar-refractivity contribution < 1.29 is 8.42 Å². The van der Waals surface area contributed by atoms with Gasteiger partial charge in [-0.3, -0.25) is 0 Å². The monoisotopic (exact) mass is 214 g/mol. The van der Waals surface area contributed by atoms with Crippen molar-refractivity contribution in [3.8, 4) is 0 Å². The Hall–Kier alpha value is -1.27. The average molecular weight is 214 g/mol. The van der Waals surface area contributed by atoms with E-state index in [2.05, 4.69) is 5.18 Å². The number of hydrogen-bond acceptors (Lipinski definition) is 4. The molecule has 0 saturated heterocycles. The van der Waals surface area contributed by atoms with Crippen LogP contribution in [0.4, 0.5) is 5.69 Å². The maximum atomic E-state index is 11.6. The molecule has 6 heteroatoms. The summed E-state index contributed by atoms with van der Waals surface area (Å²) in [6, 6.07) is 5.58. The second-order valence-electron chi connectivity index (χ2n) is 2.88. The van der Waals surface area contributed by atoms with Crippen LogP contribution in [0.1, 0.15) is 0 Å². The van der Waals surface area contributed by atoms with E-state index in [-0.39, 0.29) is 10.6 Å². The van der Waals surface area contributed by atoms with Crippen LogP contribution in [0, 0.1) is 4.91 Å². The van der Waals surface area contributed by atoms with E-state index in [0.29, 0.717) is 0 Å². The van der Waals surface area contributed by atoms with Crippen molar-refractivity contribution >= 4 is 15.7 Å². The van der Waals surface area contributed by atoms with Crippen LogP contribution in [0.15, 0.2) is 34.3 Å². The van der Waals surface area contributed by atoms with Crippen LogP contribution in [0.5, 0.6) is 0 Å². The highest BCUT2D eigenvalue weighted by molar-refractivity contribution is 7.89. The van der Waals surface area contributed by atoms with E-state index in [1.54, 1.807) is 0 Å². The summed E-state index contributed by atoms with van der Waals surface area (Å²) >= 11 is 0. The molecule has 0 fully saturated rings. The van der Waals surface area contributed by atoms with Crippen molar-refractivity contribution in [2.75, 3.05) is 14.1 Å². The summed E-state index contributed by atoms with van der Waals surface area (Å²) in [5.74, 6) is 0. The number of sulfonamides is 1. The van der Waals surface area contributed by atoms with Gasteiger partial charge in [0.2, 0.25) is 10.0 Å². The first-order valence-corrected chi connectivity index (χ1v) is 5.28. The van der Waals surface area contributed by atoms with Gasteiger partial charge in [-0.1, -0.05) is 6.07 Å². The highest BCUT2D eigenvalue weighted by atomic mass is 32.2. The van der Waals surface area contributed by atoms with Gasteiger partial charge < -0.3 is 0 Å². The molecule has 0 amide bonds. The molecule has 0 aliphatic rings. The molecule has 5 nitrogen and oxygen atoms in total. The Morgan fingerprint density at radius 2 is 1.93 bits per heavy atom. The summed E-state index contributed by atoms with van der Waals surface area (Å²) in [4.78, 5) is 10.3. The fourth-order valence-corrected chi connectivity index (χ4v) is 1.85. The second-order valence-corrected chi connectivity index (χ2v) is 5.03. The molecule has 14 heavy (non-hydrogen) atoms. The molecule has 0 aliphatic heterocycles. The number of hydrogen-bond donors (Lipinski definition) is 0. The highest BCUT2D eigenvalue weighted by Gasteiger charge is 2.17. The van der Waals surface area contributed by atoms with Gasteiger partial charge >= 0.3 is 0 Å². The number of rotatable bonds is 3. The zero-order valence-corrected chi connectivity index (χ0v) is 8.65. The third-order valence-corrected chi connectivity index (χ3v) is 3.51. The Morgan fingerprint density at radius 3 is 2.43 bits per heavy atom. The molecule has 0 N–H and O–H groups in total. The van der Waals surface area contributed by atoms with Gasteiger partial charge in [0.15, 0.2) is 0 Å².